The molecule has 0 spiro atoms. The van der Waals surface area contributed by atoms with Gasteiger partial charge in [-0.2, -0.15) is 4.99 Å². The molecule has 242 valence electrons. The van der Waals surface area contributed by atoms with Crippen molar-refractivity contribution < 1.29 is 22.7 Å². The summed E-state index contributed by atoms with van der Waals surface area (Å²) >= 11 is 1.65. The van der Waals surface area contributed by atoms with Gasteiger partial charge in [-0.3, -0.25) is 4.79 Å². The Morgan fingerprint density at radius 1 is 1.04 bits per heavy atom. The van der Waals surface area contributed by atoms with Crippen LogP contribution in [0, 0.1) is 12.3 Å². The van der Waals surface area contributed by atoms with Gasteiger partial charge in [0.2, 0.25) is 5.91 Å². The summed E-state index contributed by atoms with van der Waals surface area (Å²) in [5.74, 6) is 1.02. The number of carbonyl (C=O) groups excluding carboxylic acids is 1. The second-order valence-corrected chi connectivity index (χ2v) is 13.3. The van der Waals surface area contributed by atoms with Crippen molar-refractivity contribution in [2.45, 2.75) is 66.2 Å². The lowest BCUT2D eigenvalue weighted by Crippen LogP contribution is -2.26. The molecule has 1 aromatic heterocycles. The molecule has 46 heavy (non-hydrogen) atoms. The maximum atomic E-state index is 13.0. The van der Waals surface area contributed by atoms with Gasteiger partial charge in [0.15, 0.2) is 11.0 Å². The minimum Gasteiger partial charge on any atom is -0.406 e. The van der Waals surface area contributed by atoms with Gasteiger partial charge in [-0.05, 0) is 78.6 Å². The number of amides is 1. The van der Waals surface area contributed by atoms with E-state index in [0.717, 1.165) is 53.5 Å². The van der Waals surface area contributed by atoms with E-state index in [-0.39, 0.29) is 17.1 Å². The first-order valence-corrected chi connectivity index (χ1v) is 16.4. The highest BCUT2D eigenvalue weighted by Gasteiger charge is 2.31. The van der Waals surface area contributed by atoms with E-state index in [1.54, 1.807) is 11.8 Å². The number of hydrogen-bond donors (Lipinski definition) is 0. The number of aromatic nitrogens is 3. The monoisotopic (exact) mass is 649 g/mol. The van der Waals surface area contributed by atoms with Crippen molar-refractivity contribution in [3.63, 3.8) is 0 Å². The molecule has 1 saturated heterocycles. The minimum absolute atomic E-state index is 0.0910. The largest absolute Gasteiger partial charge is 0.573 e. The number of hydrogen-bond acceptors (Lipinski definition) is 5. The molecule has 2 heterocycles. The summed E-state index contributed by atoms with van der Waals surface area (Å²) in [6.07, 6.45) is 0.702. The smallest absolute Gasteiger partial charge is 0.406 e. The van der Waals surface area contributed by atoms with Crippen molar-refractivity contribution in [1.29, 1.82) is 0 Å². The van der Waals surface area contributed by atoms with Gasteiger partial charge in [0.05, 0.1) is 5.69 Å². The standard InChI is InChI=1S/C35H38F3N5O2S/c1-5-6-26-10-7-24(2)21-30(26)42-19-20-46-33(42)40-31(44)17-18-34(3,4)22-25-8-11-27(12-9-25)32-39-23-43(41-32)28-13-15-29(16-14-28)45-35(36,37)38/h7-16,21,23H,5-6,17-20,22H2,1-4H3. The molecule has 11 heteroatoms. The van der Waals surface area contributed by atoms with Crippen molar-refractivity contribution in [2.24, 2.45) is 10.4 Å². The number of halogens is 3. The van der Waals surface area contributed by atoms with Crippen LogP contribution in [0.1, 0.15) is 56.7 Å². The summed E-state index contributed by atoms with van der Waals surface area (Å²) in [4.78, 5) is 24.2. The number of aryl methyl sites for hydroxylation is 2. The van der Waals surface area contributed by atoms with Gasteiger partial charge in [-0.25, -0.2) is 9.67 Å². The Morgan fingerprint density at radius 2 is 1.78 bits per heavy atom. The molecule has 1 fully saturated rings. The zero-order chi connectivity index (χ0) is 32.9. The van der Waals surface area contributed by atoms with Crippen LogP contribution < -0.4 is 9.64 Å². The summed E-state index contributed by atoms with van der Waals surface area (Å²) in [7, 11) is 0. The van der Waals surface area contributed by atoms with E-state index >= 15 is 0 Å². The molecule has 7 nitrogen and oxygen atoms in total. The minimum atomic E-state index is -4.74. The van der Waals surface area contributed by atoms with Crippen molar-refractivity contribution in [2.75, 3.05) is 17.2 Å². The number of benzene rings is 3. The molecule has 0 N–H and O–H groups in total. The highest BCUT2D eigenvalue weighted by molar-refractivity contribution is 8.14. The molecule has 0 radical (unpaired) electrons. The summed E-state index contributed by atoms with van der Waals surface area (Å²) in [6.45, 7) is 9.45. The van der Waals surface area contributed by atoms with Gasteiger partial charge >= 0.3 is 6.36 Å². The van der Waals surface area contributed by atoms with E-state index in [2.05, 4.69) is 70.6 Å². The molecule has 0 atom stereocenters. The third-order valence-corrected chi connectivity index (χ3v) is 8.74. The van der Waals surface area contributed by atoms with E-state index in [9.17, 15) is 18.0 Å². The average Bonchev–Trinajstić information content (AvgIpc) is 3.67. The number of anilines is 1. The Morgan fingerprint density at radius 3 is 2.48 bits per heavy atom. The molecule has 3 aromatic carbocycles. The molecule has 0 unspecified atom stereocenters. The molecule has 4 aromatic rings. The Kier molecular flexibility index (Phi) is 10.2. The lowest BCUT2D eigenvalue weighted by molar-refractivity contribution is -0.274. The highest BCUT2D eigenvalue weighted by Crippen LogP contribution is 2.32. The third kappa shape index (κ3) is 8.78. The van der Waals surface area contributed by atoms with Crippen molar-refractivity contribution in [3.05, 3.63) is 89.7 Å². The third-order valence-electron chi connectivity index (χ3n) is 7.79. The number of alkyl halides is 3. The maximum Gasteiger partial charge on any atom is 0.573 e. The van der Waals surface area contributed by atoms with Crippen molar-refractivity contribution in [3.8, 4) is 22.8 Å². The SMILES string of the molecule is CCCc1ccc(C)cc1N1CCSC1=NC(=O)CCC(C)(C)Cc1ccc(-c2ncn(-c3ccc(OC(F)(F)F)cc3)n2)cc1. The normalized spacial score (nSPS) is 14.7. The van der Waals surface area contributed by atoms with E-state index in [1.165, 1.54) is 46.4 Å². The van der Waals surface area contributed by atoms with Crippen molar-refractivity contribution in [1.82, 2.24) is 14.8 Å². The first-order chi connectivity index (χ1) is 21.9. The second-order valence-electron chi connectivity index (χ2n) is 12.3. The number of nitrogens with zero attached hydrogens (tertiary/aromatic N) is 5. The van der Waals surface area contributed by atoms with Gasteiger partial charge in [0.25, 0.3) is 0 Å². The zero-order valence-corrected chi connectivity index (χ0v) is 27.3. The lowest BCUT2D eigenvalue weighted by Gasteiger charge is -2.24. The molecule has 1 aliphatic heterocycles. The van der Waals surface area contributed by atoms with Crippen LogP contribution in [0.25, 0.3) is 17.1 Å². The maximum absolute atomic E-state index is 13.0. The lowest BCUT2D eigenvalue weighted by atomic mass is 9.81. The van der Waals surface area contributed by atoms with E-state index in [4.69, 9.17) is 0 Å². The Bertz CT molecular complexity index is 1680. The molecule has 0 saturated carbocycles. The van der Waals surface area contributed by atoms with E-state index in [1.807, 2.05) is 24.3 Å². The molecular formula is C35H38F3N5O2S. The van der Waals surface area contributed by atoms with Gasteiger partial charge < -0.3 is 9.64 Å². The molecular weight excluding hydrogens is 611 g/mol. The molecule has 1 aliphatic rings. The summed E-state index contributed by atoms with van der Waals surface area (Å²) < 4.78 is 42.8. The number of amidine groups is 1. The molecule has 5 rings (SSSR count). The number of carbonyl (C=O) groups is 1. The van der Waals surface area contributed by atoms with Crippen LogP contribution >= 0.6 is 11.8 Å². The number of rotatable bonds is 11. The predicted molar refractivity (Wildman–Crippen MR) is 178 cm³/mol. The van der Waals surface area contributed by atoms with Crippen molar-refractivity contribution >= 4 is 28.5 Å². The van der Waals surface area contributed by atoms with E-state index < -0.39 is 6.36 Å². The summed E-state index contributed by atoms with van der Waals surface area (Å²) in [5, 5.41) is 5.28. The van der Waals surface area contributed by atoms with Crippen LogP contribution in [0.5, 0.6) is 5.75 Å². The average molecular weight is 650 g/mol. The summed E-state index contributed by atoms with van der Waals surface area (Å²) in [5.41, 5.74) is 6.04. The van der Waals surface area contributed by atoms with Crippen LogP contribution in [0.2, 0.25) is 0 Å². The number of aliphatic imine (C=N–C) groups is 1. The molecule has 0 bridgehead atoms. The van der Waals surface area contributed by atoms with Gasteiger partial charge in [-0.15, -0.1) is 18.3 Å². The number of thioether (sulfide) groups is 1. The Labute approximate surface area is 271 Å². The molecule has 0 aliphatic carbocycles. The van der Waals surface area contributed by atoms with E-state index in [0.29, 0.717) is 24.4 Å². The fourth-order valence-electron chi connectivity index (χ4n) is 5.46. The van der Waals surface area contributed by atoms with Crippen LogP contribution in [0.3, 0.4) is 0 Å². The van der Waals surface area contributed by atoms with Crippen LogP contribution in [0.15, 0.2) is 78.0 Å². The number of ether oxygens (including phenoxy) is 1. The van der Waals surface area contributed by atoms with Crippen LogP contribution in [-0.4, -0.2) is 44.5 Å². The Balaban J connectivity index is 1.17. The first kappa shape index (κ1) is 33.2. The molecule has 1 amide bonds. The predicted octanol–water partition coefficient (Wildman–Crippen LogP) is 8.58. The van der Waals surface area contributed by atoms with Gasteiger partial charge in [-0.1, -0.05) is 75.4 Å². The van der Waals surface area contributed by atoms with Crippen LogP contribution in [0.4, 0.5) is 18.9 Å². The highest BCUT2D eigenvalue weighted by atomic mass is 32.2. The van der Waals surface area contributed by atoms with Gasteiger partial charge in [0.1, 0.15) is 12.1 Å². The first-order valence-electron chi connectivity index (χ1n) is 15.4. The fraction of sp³-hybridized carbons (Fsp3) is 0.371. The van der Waals surface area contributed by atoms with Crippen LogP contribution in [-0.2, 0) is 17.6 Å². The second kappa shape index (κ2) is 14.1. The zero-order valence-electron chi connectivity index (χ0n) is 26.5. The Hall–Kier alpha value is -4.12. The van der Waals surface area contributed by atoms with Gasteiger partial charge in [0, 0.05) is 30.0 Å². The quantitative estimate of drug-likeness (QED) is 0.162. The summed E-state index contributed by atoms with van der Waals surface area (Å²) in [6, 6.07) is 19.9. The topological polar surface area (TPSA) is 72.6 Å². The fourth-order valence-corrected chi connectivity index (χ4v) is 6.43.